The monoisotopic (exact) mass is 483 g/mol. The molecule has 0 atom stereocenters. The summed E-state index contributed by atoms with van der Waals surface area (Å²) in [5.41, 5.74) is 0.547. The first kappa shape index (κ1) is 26.0. The fourth-order valence-electron chi connectivity index (χ4n) is 3.04. The number of aromatic nitrogens is 1. The van der Waals surface area contributed by atoms with Crippen molar-refractivity contribution in [2.45, 2.75) is 26.2 Å². The third kappa shape index (κ3) is 6.60. The molecule has 3 aromatic rings. The second-order valence-corrected chi connectivity index (χ2v) is 8.58. The molecular formula is C23H28ClF2N3O2S. The van der Waals surface area contributed by atoms with E-state index in [1.54, 1.807) is 24.3 Å². The highest BCUT2D eigenvalue weighted by Gasteiger charge is 2.22. The average molecular weight is 484 g/mol. The normalized spacial score (nSPS) is 10.9. The maximum Gasteiger partial charge on any atom is 0.260 e. The second-order valence-electron chi connectivity index (χ2n) is 7.57. The highest BCUT2D eigenvalue weighted by Crippen LogP contribution is 2.32. The SMILES string of the molecule is CCCCCOc1ccc(C(=O)N(CCN(C)C)c2nc3c(F)cc(F)cc3s2)cc1.Cl. The van der Waals surface area contributed by atoms with Gasteiger partial charge in [0.2, 0.25) is 0 Å². The molecule has 3 rings (SSSR count). The van der Waals surface area contributed by atoms with Crippen LogP contribution in [0.5, 0.6) is 5.75 Å². The zero-order valence-corrected chi connectivity index (χ0v) is 20.1. The summed E-state index contributed by atoms with van der Waals surface area (Å²) in [6.07, 6.45) is 3.23. The van der Waals surface area contributed by atoms with Crippen LogP contribution in [0.4, 0.5) is 13.9 Å². The van der Waals surface area contributed by atoms with Crippen molar-refractivity contribution in [2.24, 2.45) is 0 Å². The lowest BCUT2D eigenvalue weighted by Gasteiger charge is -2.22. The van der Waals surface area contributed by atoms with E-state index in [1.807, 2.05) is 19.0 Å². The Labute approximate surface area is 197 Å². The van der Waals surface area contributed by atoms with E-state index in [-0.39, 0.29) is 23.8 Å². The van der Waals surface area contributed by atoms with Gasteiger partial charge >= 0.3 is 0 Å². The molecule has 1 amide bonds. The Balaban J connectivity index is 0.00000363. The highest BCUT2D eigenvalue weighted by molar-refractivity contribution is 7.22. The van der Waals surface area contributed by atoms with Crippen LogP contribution in [0.15, 0.2) is 36.4 Å². The maximum atomic E-state index is 14.1. The Hall–Kier alpha value is -2.29. The molecule has 0 aliphatic carbocycles. The zero-order chi connectivity index (χ0) is 22.4. The topological polar surface area (TPSA) is 45.7 Å². The van der Waals surface area contributed by atoms with Crippen LogP contribution in [0.2, 0.25) is 0 Å². The molecular weight excluding hydrogens is 456 g/mol. The number of ether oxygens (including phenoxy) is 1. The van der Waals surface area contributed by atoms with Gasteiger partial charge in [0.1, 0.15) is 17.1 Å². The maximum absolute atomic E-state index is 14.1. The first-order valence-corrected chi connectivity index (χ1v) is 11.2. The molecule has 0 aliphatic heterocycles. The molecule has 174 valence electrons. The van der Waals surface area contributed by atoms with Crippen molar-refractivity contribution in [2.75, 3.05) is 38.7 Å². The number of anilines is 1. The molecule has 0 unspecified atom stereocenters. The van der Waals surface area contributed by atoms with Crippen LogP contribution in [0.1, 0.15) is 36.5 Å². The Morgan fingerprint density at radius 3 is 2.47 bits per heavy atom. The molecule has 0 bridgehead atoms. The van der Waals surface area contributed by atoms with E-state index >= 15 is 0 Å². The third-order valence-electron chi connectivity index (χ3n) is 4.77. The third-order valence-corrected chi connectivity index (χ3v) is 5.79. The van der Waals surface area contributed by atoms with Crippen LogP contribution in [0.3, 0.4) is 0 Å². The van der Waals surface area contributed by atoms with Crippen LogP contribution < -0.4 is 9.64 Å². The van der Waals surface area contributed by atoms with Gasteiger partial charge in [-0.1, -0.05) is 31.1 Å². The number of benzene rings is 2. The van der Waals surface area contributed by atoms with E-state index in [1.165, 1.54) is 11.0 Å². The predicted octanol–water partition coefficient (Wildman–Crippen LogP) is 5.77. The van der Waals surface area contributed by atoms with Crippen LogP contribution in [0.25, 0.3) is 10.2 Å². The molecule has 1 heterocycles. The first-order chi connectivity index (χ1) is 14.9. The standard InChI is InChI=1S/C23H27F2N3O2S.ClH/c1-4-5-6-13-30-18-9-7-16(8-10-18)22(29)28(12-11-27(2)3)23-26-21-19(25)14-17(24)15-20(21)31-23;/h7-10,14-15H,4-6,11-13H2,1-3H3;1H. The van der Waals surface area contributed by atoms with E-state index in [2.05, 4.69) is 11.9 Å². The van der Waals surface area contributed by atoms with Gasteiger partial charge in [-0.15, -0.1) is 12.4 Å². The molecule has 0 N–H and O–H groups in total. The van der Waals surface area contributed by atoms with Crippen molar-refractivity contribution in [1.29, 1.82) is 0 Å². The molecule has 1 aromatic heterocycles. The quantitative estimate of drug-likeness (QED) is 0.343. The lowest BCUT2D eigenvalue weighted by molar-refractivity contribution is 0.0985. The van der Waals surface area contributed by atoms with E-state index < -0.39 is 11.6 Å². The fraction of sp³-hybridized carbons (Fsp3) is 0.391. The minimum absolute atomic E-state index is 0. The number of carbonyl (C=O) groups excluding carboxylic acids is 1. The summed E-state index contributed by atoms with van der Waals surface area (Å²) in [4.78, 5) is 21.0. The van der Waals surface area contributed by atoms with E-state index in [0.29, 0.717) is 40.8 Å². The summed E-state index contributed by atoms with van der Waals surface area (Å²) >= 11 is 1.10. The van der Waals surface area contributed by atoms with Crippen molar-refractivity contribution in [3.63, 3.8) is 0 Å². The summed E-state index contributed by atoms with van der Waals surface area (Å²) in [5, 5.41) is 0.339. The highest BCUT2D eigenvalue weighted by atomic mass is 35.5. The number of rotatable bonds is 10. The number of unbranched alkanes of at least 4 members (excludes halogenated alkanes) is 2. The van der Waals surface area contributed by atoms with Gasteiger partial charge in [0.05, 0.1) is 11.3 Å². The van der Waals surface area contributed by atoms with Gasteiger partial charge in [-0.05, 0) is 50.8 Å². The van der Waals surface area contributed by atoms with Crippen molar-refractivity contribution >= 4 is 45.0 Å². The lowest BCUT2D eigenvalue weighted by Crippen LogP contribution is -2.36. The molecule has 0 saturated heterocycles. The van der Waals surface area contributed by atoms with Crippen molar-refractivity contribution in [3.05, 3.63) is 53.6 Å². The zero-order valence-electron chi connectivity index (χ0n) is 18.4. The molecule has 0 aliphatic rings. The molecule has 0 saturated carbocycles. The Morgan fingerprint density at radius 2 is 1.81 bits per heavy atom. The molecule has 2 aromatic carbocycles. The largest absolute Gasteiger partial charge is 0.494 e. The Kier molecular flexibility index (Phi) is 9.81. The van der Waals surface area contributed by atoms with Gasteiger partial charge in [0.15, 0.2) is 10.9 Å². The van der Waals surface area contributed by atoms with Crippen molar-refractivity contribution in [3.8, 4) is 5.75 Å². The molecule has 5 nitrogen and oxygen atoms in total. The summed E-state index contributed by atoms with van der Waals surface area (Å²) in [6.45, 7) is 3.74. The smallest absolute Gasteiger partial charge is 0.260 e. The van der Waals surface area contributed by atoms with Crippen LogP contribution in [-0.2, 0) is 0 Å². The first-order valence-electron chi connectivity index (χ1n) is 10.3. The molecule has 0 fully saturated rings. The predicted molar refractivity (Wildman–Crippen MR) is 128 cm³/mol. The summed E-state index contributed by atoms with van der Waals surface area (Å²) < 4.78 is 33.8. The van der Waals surface area contributed by atoms with Crippen molar-refractivity contribution < 1.29 is 18.3 Å². The molecule has 9 heteroatoms. The van der Waals surface area contributed by atoms with E-state index in [9.17, 15) is 13.6 Å². The summed E-state index contributed by atoms with van der Waals surface area (Å²) in [7, 11) is 3.81. The molecule has 0 radical (unpaired) electrons. The van der Waals surface area contributed by atoms with Gasteiger partial charge in [0, 0.05) is 24.7 Å². The number of fused-ring (bicyclic) bond motifs is 1. The van der Waals surface area contributed by atoms with E-state index in [4.69, 9.17) is 4.74 Å². The van der Waals surface area contributed by atoms with Gasteiger partial charge in [-0.2, -0.15) is 0 Å². The number of hydrogen-bond donors (Lipinski definition) is 0. The number of amides is 1. The summed E-state index contributed by atoms with van der Waals surface area (Å²) in [6, 6.07) is 9.02. The van der Waals surface area contributed by atoms with Crippen LogP contribution in [-0.4, -0.2) is 49.6 Å². The van der Waals surface area contributed by atoms with Gasteiger partial charge in [0.25, 0.3) is 5.91 Å². The van der Waals surface area contributed by atoms with Gasteiger partial charge in [-0.3, -0.25) is 9.69 Å². The van der Waals surface area contributed by atoms with Gasteiger partial charge in [-0.25, -0.2) is 13.8 Å². The minimum atomic E-state index is -0.734. The van der Waals surface area contributed by atoms with Crippen LogP contribution in [0, 0.1) is 11.6 Å². The Bertz CT molecular complexity index is 1030. The number of thiazole rings is 1. The molecule has 0 spiro atoms. The van der Waals surface area contributed by atoms with Crippen molar-refractivity contribution in [1.82, 2.24) is 9.88 Å². The Morgan fingerprint density at radius 1 is 1.09 bits per heavy atom. The van der Waals surface area contributed by atoms with Gasteiger partial charge < -0.3 is 9.64 Å². The molecule has 32 heavy (non-hydrogen) atoms. The fourth-order valence-corrected chi connectivity index (χ4v) is 4.07. The second kappa shape index (κ2) is 12.1. The number of likely N-dealkylation sites (N-methyl/N-ethyl adjacent to an activating group) is 1. The number of nitrogens with zero attached hydrogens (tertiary/aromatic N) is 3. The minimum Gasteiger partial charge on any atom is -0.494 e. The van der Waals surface area contributed by atoms with E-state index in [0.717, 1.165) is 36.7 Å². The number of carbonyl (C=O) groups is 1. The number of halogens is 3. The number of hydrogen-bond acceptors (Lipinski definition) is 5. The van der Waals surface area contributed by atoms with Crippen LogP contribution >= 0.6 is 23.7 Å². The average Bonchev–Trinajstić information content (AvgIpc) is 3.15. The summed E-state index contributed by atoms with van der Waals surface area (Å²) in [5.74, 6) is -0.938. The lowest BCUT2D eigenvalue weighted by atomic mass is 10.2.